The summed E-state index contributed by atoms with van der Waals surface area (Å²) in [6.45, 7) is 0.250. The highest BCUT2D eigenvalue weighted by molar-refractivity contribution is 5.03. The first-order valence-corrected chi connectivity index (χ1v) is 18.8. The van der Waals surface area contributed by atoms with Crippen LogP contribution >= 0.6 is 0 Å². The van der Waals surface area contributed by atoms with Gasteiger partial charge < -0.3 is 81.7 Å². The molecule has 0 aromatic carbocycles. The van der Waals surface area contributed by atoms with Crippen LogP contribution < -0.4 is 17.2 Å². The molecule has 16 nitrogen and oxygen atoms in total. The molecule has 0 spiro atoms. The lowest BCUT2D eigenvalue weighted by Crippen LogP contribution is -2.71. The molecule has 3 saturated heterocycles. The molecule has 296 valence electrons. The molecule has 0 aromatic rings. The molecule has 2 unspecified atom stereocenters. The van der Waals surface area contributed by atoms with Crippen LogP contribution in [0.1, 0.15) is 103 Å². The van der Waals surface area contributed by atoms with Crippen molar-refractivity contribution in [3.8, 4) is 0 Å². The van der Waals surface area contributed by atoms with Gasteiger partial charge in [0.1, 0.15) is 54.4 Å². The van der Waals surface area contributed by atoms with Crippen molar-refractivity contribution in [2.75, 3.05) is 19.8 Å². The van der Waals surface area contributed by atoms with E-state index in [0.717, 1.165) is 25.7 Å². The number of hydrogen-bond donors (Lipinski definition) is 11. The van der Waals surface area contributed by atoms with Gasteiger partial charge in [-0.25, -0.2) is 0 Å². The minimum Gasteiger partial charge on any atom is -0.394 e. The quantitative estimate of drug-likeness (QED) is 0.0571. The monoisotopic (exact) mass is 725 g/mol. The van der Waals surface area contributed by atoms with Gasteiger partial charge in [0.25, 0.3) is 0 Å². The van der Waals surface area contributed by atoms with Gasteiger partial charge >= 0.3 is 0 Å². The lowest BCUT2D eigenvalue weighted by Gasteiger charge is -2.51. The minimum absolute atomic E-state index is 0.212. The average molecular weight is 726 g/mol. The van der Waals surface area contributed by atoms with Crippen LogP contribution in [0.2, 0.25) is 0 Å². The Morgan fingerprint density at radius 1 is 0.560 bits per heavy atom. The molecular weight excluding hydrogens is 658 g/mol. The summed E-state index contributed by atoms with van der Waals surface area (Å²) in [6, 6.07) is -3.92. The SMILES string of the molecule is CCCCCCCCCCCCCCCC[C@]1(CO)O[C@H](OC2[C@@H](CO)O[C@@H](OC3[C@@H](CO)O[C@@H](O)[C@H](N)[C@H]3O)[C@H](N)[C@H]2O)[C@H](N)[C@@H](O)[C@@H]1O. The van der Waals surface area contributed by atoms with Gasteiger partial charge in [-0.1, -0.05) is 96.8 Å². The summed E-state index contributed by atoms with van der Waals surface area (Å²) < 4.78 is 28.9. The fraction of sp³-hybridized carbons (Fsp3) is 1.00. The number of aliphatic hydroxyl groups excluding tert-OH is 8. The van der Waals surface area contributed by atoms with E-state index >= 15 is 0 Å². The lowest BCUT2D eigenvalue weighted by molar-refractivity contribution is -0.361. The van der Waals surface area contributed by atoms with E-state index in [0.29, 0.717) is 6.42 Å². The van der Waals surface area contributed by atoms with Crippen molar-refractivity contribution >= 4 is 0 Å². The van der Waals surface area contributed by atoms with Crippen molar-refractivity contribution < 1.29 is 64.5 Å². The van der Waals surface area contributed by atoms with Gasteiger partial charge in [0.15, 0.2) is 18.9 Å². The van der Waals surface area contributed by atoms with Crippen molar-refractivity contribution in [1.82, 2.24) is 0 Å². The van der Waals surface area contributed by atoms with Crippen LogP contribution in [-0.4, -0.2) is 152 Å². The Bertz CT molecular complexity index is 926. The maximum Gasteiger partial charge on any atom is 0.176 e. The number of rotatable bonds is 22. The Hall–Kier alpha value is -0.640. The van der Waals surface area contributed by atoms with E-state index in [2.05, 4.69) is 6.92 Å². The Labute approximate surface area is 296 Å². The van der Waals surface area contributed by atoms with Gasteiger partial charge in [0.2, 0.25) is 0 Å². The predicted octanol–water partition coefficient (Wildman–Crippen LogP) is -1.43. The zero-order valence-corrected chi connectivity index (χ0v) is 29.7. The normalized spacial score (nSPS) is 41.0. The second kappa shape index (κ2) is 21.9. The van der Waals surface area contributed by atoms with Crippen LogP contribution in [0, 0.1) is 0 Å². The van der Waals surface area contributed by atoms with Crippen LogP contribution in [-0.2, 0) is 23.7 Å². The summed E-state index contributed by atoms with van der Waals surface area (Å²) in [7, 11) is 0. The molecule has 0 radical (unpaired) electrons. The lowest BCUT2D eigenvalue weighted by atomic mass is 9.82. The van der Waals surface area contributed by atoms with E-state index in [1.807, 2.05) is 0 Å². The van der Waals surface area contributed by atoms with Crippen molar-refractivity contribution in [3.05, 3.63) is 0 Å². The molecule has 0 bridgehead atoms. The van der Waals surface area contributed by atoms with E-state index in [-0.39, 0.29) is 6.42 Å². The third kappa shape index (κ3) is 11.4. The third-order valence-electron chi connectivity index (χ3n) is 10.5. The Morgan fingerprint density at radius 2 is 1.00 bits per heavy atom. The number of ether oxygens (including phenoxy) is 5. The fourth-order valence-corrected chi connectivity index (χ4v) is 7.17. The van der Waals surface area contributed by atoms with Crippen molar-refractivity contribution in [2.24, 2.45) is 17.2 Å². The highest BCUT2D eigenvalue weighted by Gasteiger charge is 2.55. The Kier molecular flexibility index (Phi) is 19.2. The van der Waals surface area contributed by atoms with E-state index in [1.54, 1.807) is 0 Å². The Morgan fingerprint density at radius 3 is 1.50 bits per heavy atom. The fourth-order valence-electron chi connectivity index (χ4n) is 7.17. The number of nitrogens with two attached hydrogens (primary N) is 3. The highest BCUT2D eigenvalue weighted by atomic mass is 16.7. The molecular formula is C34H67N3O13. The maximum absolute atomic E-state index is 11.2. The first kappa shape index (κ1) is 43.8. The molecule has 16 heteroatoms. The molecule has 3 fully saturated rings. The topological polar surface area (TPSA) is 286 Å². The first-order valence-electron chi connectivity index (χ1n) is 18.8. The molecule has 3 rings (SSSR count). The molecule has 0 amide bonds. The molecule has 3 aliphatic rings. The standard InChI is InChI=1S/C34H67N3O13/c1-2-3-4-5-6-7-8-9-10-11-12-13-14-15-16-34(19-40)30(44)27(43)24(37)33(50-34)49-29-21(18-39)47-32(23(36)26(29)42)48-28-20(17-38)46-31(45)22(35)25(28)41/h20-33,38-45H,2-19,35-37H2,1H3/t20-,21-,22-,23-,24-,25-,26-,27-,28?,29?,30+,31-,32+,33+,34-/m1/s1. The molecule has 0 saturated carbocycles. The van der Waals surface area contributed by atoms with Gasteiger partial charge in [0, 0.05) is 0 Å². The summed E-state index contributed by atoms with van der Waals surface area (Å²) in [4.78, 5) is 0. The minimum atomic E-state index is -1.60. The highest BCUT2D eigenvalue weighted by Crippen LogP contribution is 2.36. The van der Waals surface area contributed by atoms with E-state index in [4.69, 9.17) is 40.9 Å². The molecule has 3 aliphatic heterocycles. The van der Waals surface area contributed by atoms with Gasteiger partial charge in [0.05, 0.1) is 37.9 Å². The molecule has 0 aromatic heterocycles. The second-order valence-electron chi connectivity index (χ2n) is 14.4. The van der Waals surface area contributed by atoms with E-state index < -0.39 is 111 Å². The van der Waals surface area contributed by atoms with Gasteiger partial charge in [-0.05, 0) is 6.42 Å². The third-order valence-corrected chi connectivity index (χ3v) is 10.5. The molecule has 14 N–H and O–H groups in total. The summed E-state index contributed by atoms with van der Waals surface area (Å²) >= 11 is 0. The van der Waals surface area contributed by atoms with Crippen LogP contribution in [0.25, 0.3) is 0 Å². The second-order valence-corrected chi connectivity index (χ2v) is 14.4. The molecule has 0 aliphatic carbocycles. The Balaban J connectivity index is 1.52. The molecule has 3 heterocycles. The average Bonchev–Trinajstić information content (AvgIpc) is 3.11. The molecule has 15 atom stereocenters. The first-order chi connectivity index (χ1) is 24.0. The summed E-state index contributed by atoms with van der Waals surface area (Å²) in [5.41, 5.74) is 16.6. The van der Waals surface area contributed by atoms with Crippen molar-refractivity contribution in [2.45, 2.75) is 195 Å². The van der Waals surface area contributed by atoms with Gasteiger partial charge in [-0.15, -0.1) is 0 Å². The van der Waals surface area contributed by atoms with Crippen LogP contribution in [0.4, 0.5) is 0 Å². The van der Waals surface area contributed by atoms with Crippen LogP contribution in [0.5, 0.6) is 0 Å². The maximum atomic E-state index is 11.2. The molecule has 50 heavy (non-hydrogen) atoms. The smallest absolute Gasteiger partial charge is 0.176 e. The number of unbranched alkanes of at least 4 members (excludes halogenated alkanes) is 13. The summed E-state index contributed by atoms with van der Waals surface area (Å²) in [5.74, 6) is 0. The zero-order chi connectivity index (χ0) is 36.8. The van der Waals surface area contributed by atoms with Crippen molar-refractivity contribution in [3.63, 3.8) is 0 Å². The van der Waals surface area contributed by atoms with E-state index in [1.165, 1.54) is 57.8 Å². The summed E-state index contributed by atoms with van der Waals surface area (Å²) in [5, 5.41) is 83.8. The largest absolute Gasteiger partial charge is 0.394 e. The van der Waals surface area contributed by atoms with E-state index in [9.17, 15) is 40.9 Å². The zero-order valence-electron chi connectivity index (χ0n) is 29.7. The van der Waals surface area contributed by atoms with Crippen LogP contribution in [0.15, 0.2) is 0 Å². The van der Waals surface area contributed by atoms with Crippen LogP contribution in [0.3, 0.4) is 0 Å². The van der Waals surface area contributed by atoms with Crippen molar-refractivity contribution in [1.29, 1.82) is 0 Å². The number of aliphatic hydroxyl groups is 8. The number of hydrogen-bond acceptors (Lipinski definition) is 16. The summed E-state index contributed by atoms with van der Waals surface area (Å²) in [6.07, 6.45) is 0.751. The van der Waals surface area contributed by atoms with Gasteiger partial charge in [-0.3, -0.25) is 0 Å². The van der Waals surface area contributed by atoms with Gasteiger partial charge in [-0.2, -0.15) is 0 Å². The predicted molar refractivity (Wildman–Crippen MR) is 181 cm³/mol.